The lowest BCUT2D eigenvalue weighted by Gasteiger charge is -2.29. The second kappa shape index (κ2) is 10.5. The molecule has 8 nitrogen and oxygen atoms in total. The first-order valence-electron chi connectivity index (χ1n) is 12.4. The maximum Gasteiger partial charge on any atom is 0.266 e. The van der Waals surface area contributed by atoms with Crippen LogP contribution in [0.5, 0.6) is 17.2 Å². The first kappa shape index (κ1) is 24.6. The minimum atomic E-state index is -0.953. The summed E-state index contributed by atoms with van der Waals surface area (Å²) in [6.45, 7) is 2.69. The molecule has 2 saturated heterocycles. The number of ether oxygens (including phenoxy) is 3. The van der Waals surface area contributed by atoms with E-state index in [1.54, 1.807) is 43.5 Å². The number of hydrogen-bond acceptors (Lipinski definition) is 7. The molecule has 0 unspecified atom stereocenters. The lowest BCUT2D eigenvalue weighted by molar-refractivity contribution is -0.126. The summed E-state index contributed by atoms with van der Waals surface area (Å²) in [5.41, 5.74) is 2.02. The normalized spacial score (nSPS) is 20.8. The highest BCUT2D eigenvalue weighted by molar-refractivity contribution is 6.23. The third kappa shape index (κ3) is 4.49. The monoisotopic (exact) mass is 502 g/mol. The molecule has 0 bridgehead atoms. The zero-order valence-corrected chi connectivity index (χ0v) is 21.1. The molecule has 8 heteroatoms. The fourth-order valence-electron chi connectivity index (χ4n) is 4.85. The zero-order chi connectivity index (χ0) is 25.9. The second-order valence-electron chi connectivity index (χ2n) is 8.98. The van der Waals surface area contributed by atoms with Crippen molar-refractivity contribution in [3.63, 3.8) is 0 Å². The summed E-state index contributed by atoms with van der Waals surface area (Å²) in [4.78, 5) is 34.8. The van der Waals surface area contributed by atoms with E-state index in [9.17, 15) is 9.59 Å². The topological polar surface area (TPSA) is 77.5 Å². The van der Waals surface area contributed by atoms with Gasteiger partial charge in [-0.2, -0.15) is 0 Å². The molecule has 0 spiro atoms. The van der Waals surface area contributed by atoms with Crippen LogP contribution in [0.15, 0.2) is 72.8 Å². The standard InChI is InChI=1S/C29H30N2O6/c1-4-5-17-36-23-16-11-19(18-24(23)35-3)26-25-27(37-31(26)21-9-7-6-8-10-21)29(33)30(28(25)32)20-12-14-22(34-2)15-13-20/h6-16,18,25-27H,4-5,17H2,1-3H3/t25-,26+,27+/m0/s1. The van der Waals surface area contributed by atoms with Gasteiger partial charge in [0.05, 0.1) is 38.2 Å². The van der Waals surface area contributed by atoms with E-state index in [-0.39, 0.29) is 5.91 Å². The van der Waals surface area contributed by atoms with E-state index < -0.39 is 24.0 Å². The van der Waals surface area contributed by atoms with Crippen LogP contribution in [0.4, 0.5) is 11.4 Å². The highest BCUT2D eigenvalue weighted by Gasteiger charge is 2.60. The van der Waals surface area contributed by atoms with Gasteiger partial charge >= 0.3 is 0 Å². The summed E-state index contributed by atoms with van der Waals surface area (Å²) in [5.74, 6) is 0.386. The SMILES string of the molecule is CCCCOc1ccc([C@@H]2[C@@H]3C(=O)N(c4ccc(OC)cc4)C(=O)[C@@H]3ON2c2ccccc2)cc1OC. The zero-order valence-electron chi connectivity index (χ0n) is 21.1. The Morgan fingerprint density at radius 1 is 0.838 bits per heavy atom. The summed E-state index contributed by atoms with van der Waals surface area (Å²) in [6, 6.07) is 21.4. The Bertz CT molecular complexity index is 1260. The Hall–Kier alpha value is -4.04. The van der Waals surface area contributed by atoms with Crippen LogP contribution in [0.2, 0.25) is 0 Å². The summed E-state index contributed by atoms with van der Waals surface area (Å²) in [6.07, 6.45) is 1.01. The predicted octanol–water partition coefficient (Wildman–Crippen LogP) is 4.93. The maximum atomic E-state index is 13.8. The molecule has 2 heterocycles. The van der Waals surface area contributed by atoms with Gasteiger partial charge in [-0.05, 0) is 60.5 Å². The van der Waals surface area contributed by atoms with Crippen molar-refractivity contribution in [1.82, 2.24) is 0 Å². The number of anilines is 2. The molecule has 5 rings (SSSR count). The molecular weight excluding hydrogens is 472 g/mol. The van der Waals surface area contributed by atoms with Gasteiger partial charge in [0.1, 0.15) is 11.7 Å². The first-order valence-corrected chi connectivity index (χ1v) is 12.4. The molecule has 2 aliphatic rings. The molecule has 37 heavy (non-hydrogen) atoms. The van der Waals surface area contributed by atoms with Gasteiger partial charge < -0.3 is 14.2 Å². The Balaban J connectivity index is 1.53. The van der Waals surface area contributed by atoms with Crippen LogP contribution in [0.25, 0.3) is 0 Å². The smallest absolute Gasteiger partial charge is 0.266 e. The van der Waals surface area contributed by atoms with E-state index in [0.29, 0.717) is 29.5 Å². The molecule has 0 aliphatic carbocycles. The minimum Gasteiger partial charge on any atom is -0.497 e. The molecule has 2 fully saturated rings. The molecule has 0 saturated carbocycles. The number of nitrogens with zero attached hydrogens (tertiary/aromatic N) is 2. The van der Waals surface area contributed by atoms with E-state index in [0.717, 1.165) is 24.1 Å². The van der Waals surface area contributed by atoms with Crippen molar-refractivity contribution in [3.8, 4) is 17.2 Å². The van der Waals surface area contributed by atoms with Crippen LogP contribution < -0.4 is 24.2 Å². The van der Waals surface area contributed by atoms with Crippen LogP contribution in [-0.4, -0.2) is 38.7 Å². The fraction of sp³-hybridized carbons (Fsp3) is 0.310. The quantitative estimate of drug-likeness (QED) is 0.303. The number of unbranched alkanes of at least 4 members (excludes halogenated alkanes) is 1. The number of carbonyl (C=O) groups excluding carboxylic acids is 2. The average Bonchev–Trinajstić information content (AvgIpc) is 3.45. The number of amides is 2. The fourth-order valence-corrected chi connectivity index (χ4v) is 4.85. The highest BCUT2D eigenvalue weighted by Crippen LogP contribution is 2.48. The highest BCUT2D eigenvalue weighted by atomic mass is 16.7. The molecule has 0 N–H and O–H groups in total. The number of rotatable bonds is 9. The van der Waals surface area contributed by atoms with Gasteiger partial charge in [-0.15, -0.1) is 0 Å². The van der Waals surface area contributed by atoms with Crippen molar-refractivity contribution in [2.75, 3.05) is 30.8 Å². The van der Waals surface area contributed by atoms with Gasteiger partial charge in [0.25, 0.3) is 5.91 Å². The largest absolute Gasteiger partial charge is 0.497 e. The molecule has 2 aliphatic heterocycles. The van der Waals surface area contributed by atoms with E-state index >= 15 is 0 Å². The van der Waals surface area contributed by atoms with Gasteiger partial charge in [-0.1, -0.05) is 37.6 Å². The molecule has 0 aromatic heterocycles. The van der Waals surface area contributed by atoms with Gasteiger partial charge in [-0.25, -0.2) is 9.96 Å². The number of methoxy groups -OCH3 is 2. The van der Waals surface area contributed by atoms with E-state index in [2.05, 4.69) is 6.92 Å². The van der Waals surface area contributed by atoms with Crippen LogP contribution in [0, 0.1) is 5.92 Å². The van der Waals surface area contributed by atoms with Crippen molar-refractivity contribution in [2.45, 2.75) is 31.9 Å². The van der Waals surface area contributed by atoms with Crippen LogP contribution in [0.3, 0.4) is 0 Å². The summed E-state index contributed by atoms with van der Waals surface area (Å²) >= 11 is 0. The van der Waals surface area contributed by atoms with E-state index in [1.165, 1.54) is 4.90 Å². The van der Waals surface area contributed by atoms with E-state index in [4.69, 9.17) is 19.0 Å². The number of para-hydroxylation sites is 1. The molecule has 2 amide bonds. The number of carbonyl (C=O) groups is 2. The Morgan fingerprint density at radius 3 is 2.27 bits per heavy atom. The number of hydroxylamine groups is 1. The Morgan fingerprint density at radius 2 is 1.59 bits per heavy atom. The third-order valence-corrected chi connectivity index (χ3v) is 6.74. The third-order valence-electron chi connectivity index (χ3n) is 6.74. The van der Waals surface area contributed by atoms with Crippen molar-refractivity contribution in [3.05, 3.63) is 78.4 Å². The summed E-state index contributed by atoms with van der Waals surface area (Å²) in [7, 11) is 3.15. The average molecular weight is 503 g/mol. The Kier molecular flexibility index (Phi) is 7.01. The molecule has 0 radical (unpaired) electrons. The maximum absolute atomic E-state index is 13.8. The number of imide groups is 1. The summed E-state index contributed by atoms with van der Waals surface area (Å²) < 4.78 is 16.8. The van der Waals surface area contributed by atoms with Crippen molar-refractivity contribution < 1.29 is 28.6 Å². The summed E-state index contributed by atoms with van der Waals surface area (Å²) in [5, 5.41) is 1.67. The van der Waals surface area contributed by atoms with Crippen LogP contribution >= 0.6 is 0 Å². The van der Waals surface area contributed by atoms with Gasteiger partial charge in [-0.3, -0.25) is 14.4 Å². The molecular formula is C29H30N2O6. The van der Waals surface area contributed by atoms with Gasteiger partial charge in [0.2, 0.25) is 5.91 Å². The predicted molar refractivity (Wildman–Crippen MR) is 139 cm³/mol. The number of fused-ring (bicyclic) bond motifs is 1. The van der Waals surface area contributed by atoms with E-state index in [1.807, 2.05) is 48.5 Å². The lowest BCUT2D eigenvalue weighted by Crippen LogP contribution is -2.37. The van der Waals surface area contributed by atoms with Crippen LogP contribution in [0.1, 0.15) is 31.4 Å². The number of hydrogen-bond donors (Lipinski definition) is 0. The first-order chi connectivity index (χ1) is 18.1. The lowest BCUT2D eigenvalue weighted by atomic mass is 9.90. The van der Waals surface area contributed by atoms with Crippen molar-refractivity contribution in [1.29, 1.82) is 0 Å². The van der Waals surface area contributed by atoms with Gasteiger partial charge in [0.15, 0.2) is 17.6 Å². The molecule has 3 aromatic rings. The van der Waals surface area contributed by atoms with Gasteiger partial charge in [0, 0.05) is 0 Å². The van der Waals surface area contributed by atoms with Crippen molar-refractivity contribution >= 4 is 23.2 Å². The van der Waals surface area contributed by atoms with Crippen LogP contribution in [-0.2, 0) is 14.4 Å². The van der Waals surface area contributed by atoms with Crippen molar-refractivity contribution in [2.24, 2.45) is 5.92 Å². The molecule has 3 atom stereocenters. The minimum absolute atomic E-state index is 0.314. The Labute approximate surface area is 216 Å². The molecule has 3 aromatic carbocycles. The number of benzene rings is 3. The molecule has 192 valence electrons. The second-order valence-corrected chi connectivity index (χ2v) is 8.98.